The van der Waals surface area contributed by atoms with E-state index in [1.165, 1.54) is 0 Å². The van der Waals surface area contributed by atoms with E-state index in [-0.39, 0.29) is 0 Å². The molecule has 0 bridgehead atoms. The van der Waals surface area contributed by atoms with Gasteiger partial charge in [-0.05, 0) is 26.8 Å². The Bertz CT molecular complexity index is 309. The first-order valence-corrected chi connectivity index (χ1v) is 5.67. The molecular weight excluding hydrogens is 202 g/mol. The predicted molar refractivity (Wildman–Crippen MR) is 64.1 cm³/mol. The van der Waals surface area contributed by atoms with E-state index in [1.54, 1.807) is 7.11 Å². The average molecular weight is 223 g/mol. The van der Waals surface area contributed by atoms with Gasteiger partial charge in [0.15, 0.2) is 5.82 Å². The van der Waals surface area contributed by atoms with Crippen molar-refractivity contribution in [1.82, 2.24) is 15.3 Å². The molecule has 0 radical (unpaired) electrons. The molecule has 0 saturated heterocycles. The van der Waals surface area contributed by atoms with Crippen LogP contribution in [0.4, 0.5) is 0 Å². The molecule has 16 heavy (non-hydrogen) atoms. The zero-order valence-corrected chi connectivity index (χ0v) is 10.6. The predicted octanol–water partition coefficient (Wildman–Crippen LogP) is 1.86. The van der Waals surface area contributed by atoms with Crippen molar-refractivity contribution >= 4 is 0 Å². The molecule has 1 heterocycles. The van der Waals surface area contributed by atoms with E-state index < -0.39 is 5.60 Å². The van der Waals surface area contributed by atoms with Crippen LogP contribution in [0.2, 0.25) is 0 Å². The van der Waals surface area contributed by atoms with E-state index in [1.807, 2.05) is 26.2 Å². The van der Waals surface area contributed by atoms with Crippen LogP contribution in [-0.2, 0) is 16.9 Å². The number of hydrogen-bond donors (Lipinski definition) is 1. The van der Waals surface area contributed by atoms with E-state index in [4.69, 9.17) is 4.74 Å². The summed E-state index contributed by atoms with van der Waals surface area (Å²) in [5.74, 6) is 0.717. The fourth-order valence-corrected chi connectivity index (χ4v) is 1.26. The summed E-state index contributed by atoms with van der Waals surface area (Å²) in [6.07, 6.45) is 4.84. The Hall–Kier alpha value is -1.00. The van der Waals surface area contributed by atoms with Gasteiger partial charge in [-0.2, -0.15) is 0 Å². The molecule has 0 aliphatic heterocycles. The zero-order valence-electron chi connectivity index (χ0n) is 10.6. The van der Waals surface area contributed by atoms with Gasteiger partial charge in [0.05, 0.1) is 0 Å². The molecule has 4 nitrogen and oxygen atoms in total. The minimum absolute atomic E-state index is 0.421. The third-order valence-electron chi connectivity index (χ3n) is 2.51. The molecule has 1 N–H and O–H groups in total. The molecule has 0 atom stereocenters. The van der Waals surface area contributed by atoms with Crippen LogP contribution in [0.3, 0.4) is 0 Å². The lowest BCUT2D eigenvalue weighted by atomic mass is 10.1. The Morgan fingerprint density at radius 2 is 1.94 bits per heavy atom. The molecule has 1 aromatic rings. The second-order valence-corrected chi connectivity index (χ2v) is 4.31. The maximum Gasteiger partial charge on any atom is 0.159 e. The molecule has 0 aromatic carbocycles. The summed E-state index contributed by atoms with van der Waals surface area (Å²) in [5.41, 5.74) is 0.680. The Balaban J connectivity index is 2.61. The van der Waals surface area contributed by atoms with Crippen LogP contribution in [0.1, 0.15) is 38.6 Å². The fourth-order valence-electron chi connectivity index (χ4n) is 1.26. The Labute approximate surface area is 97.5 Å². The highest BCUT2D eigenvalue weighted by molar-refractivity contribution is 5.08. The highest BCUT2D eigenvalue weighted by atomic mass is 16.5. The van der Waals surface area contributed by atoms with Crippen LogP contribution in [-0.4, -0.2) is 23.6 Å². The molecule has 0 saturated carbocycles. The van der Waals surface area contributed by atoms with E-state index in [9.17, 15) is 0 Å². The van der Waals surface area contributed by atoms with E-state index >= 15 is 0 Å². The molecule has 90 valence electrons. The molecule has 4 heteroatoms. The molecular formula is C12H21N3O. The van der Waals surface area contributed by atoms with Crippen LogP contribution in [0.15, 0.2) is 12.4 Å². The first-order chi connectivity index (χ1) is 7.60. The minimum Gasteiger partial charge on any atom is -0.371 e. The van der Waals surface area contributed by atoms with Crippen LogP contribution in [0.25, 0.3) is 0 Å². The first kappa shape index (κ1) is 13.1. The van der Waals surface area contributed by atoms with Crippen molar-refractivity contribution in [3.8, 4) is 0 Å². The van der Waals surface area contributed by atoms with E-state index in [2.05, 4.69) is 22.2 Å². The van der Waals surface area contributed by atoms with Crippen molar-refractivity contribution in [3.63, 3.8) is 0 Å². The summed E-state index contributed by atoms with van der Waals surface area (Å²) >= 11 is 0. The van der Waals surface area contributed by atoms with Gasteiger partial charge in [-0.1, -0.05) is 6.92 Å². The van der Waals surface area contributed by atoms with Crippen molar-refractivity contribution in [2.45, 2.75) is 39.3 Å². The zero-order chi connectivity index (χ0) is 12.0. The van der Waals surface area contributed by atoms with Crippen molar-refractivity contribution in [1.29, 1.82) is 0 Å². The average Bonchev–Trinajstić information content (AvgIpc) is 2.30. The van der Waals surface area contributed by atoms with Gasteiger partial charge in [0.25, 0.3) is 0 Å². The fraction of sp³-hybridized carbons (Fsp3) is 0.667. The number of methoxy groups -OCH3 is 1. The Morgan fingerprint density at radius 1 is 1.31 bits per heavy atom. The van der Waals surface area contributed by atoms with Crippen molar-refractivity contribution < 1.29 is 4.74 Å². The quantitative estimate of drug-likeness (QED) is 0.748. The SMILES string of the molecule is CCCNCc1cnc(C(C)(C)OC)nc1. The largest absolute Gasteiger partial charge is 0.371 e. The maximum absolute atomic E-state index is 5.32. The topological polar surface area (TPSA) is 47.0 Å². The summed E-state index contributed by atoms with van der Waals surface area (Å²) in [5, 5.41) is 3.31. The lowest BCUT2D eigenvalue weighted by Crippen LogP contribution is -2.23. The van der Waals surface area contributed by atoms with Gasteiger partial charge in [-0.3, -0.25) is 0 Å². The van der Waals surface area contributed by atoms with Gasteiger partial charge in [0.2, 0.25) is 0 Å². The maximum atomic E-state index is 5.32. The normalized spacial score (nSPS) is 11.8. The third-order valence-corrected chi connectivity index (χ3v) is 2.51. The Morgan fingerprint density at radius 3 is 2.44 bits per heavy atom. The number of aromatic nitrogens is 2. The standard InChI is InChI=1S/C12H21N3O/c1-5-6-13-7-10-8-14-11(15-9-10)12(2,3)16-4/h8-9,13H,5-7H2,1-4H3. The van der Waals surface area contributed by atoms with Crippen LogP contribution < -0.4 is 5.32 Å². The minimum atomic E-state index is -0.421. The summed E-state index contributed by atoms with van der Waals surface area (Å²) in [7, 11) is 1.67. The molecule has 0 aliphatic carbocycles. The molecule has 0 fully saturated rings. The van der Waals surface area contributed by atoms with Gasteiger partial charge < -0.3 is 10.1 Å². The van der Waals surface area contributed by atoms with E-state index in [0.29, 0.717) is 5.82 Å². The highest BCUT2D eigenvalue weighted by Gasteiger charge is 2.22. The van der Waals surface area contributed by atoms with Crippen molar-refractivity contribution in [2.24, 2.45) is 0 Å². The number of nitrogens with zero attached hydrogens (tertiary/aromatic N) is 2. The molecule has 1 aromatic heterocycles. The van der Waals surface area contributed by atoms with Crippen LogP contribution in [0, 0.1) is 0 Å². The summed E-state index contributed by atoms with van der Waals surface area (Å²) < 4.78 is 5.32. The van der Waals surface area contributed by atoms with Gasteiger partial charge in [-0.25, -0.2) is 9.97 Å². The number of nitrogens with one attached hydrogen (secondary N) is 1. The van der Waals surface area contributed by atoms with Gasteiger partial charge in [0, 0.05) is 31.6 Å². The van der Waals surface area contributed by atoms with Crippen molar-refractivity contribution in [3.05, 3.63) is 23.8 Å². The summed E-state index contributed by atoms with van der Waals surface area (Å²) in [4.78, 5) is 8.65. The molecule has 1 rings (SSSR count). The van der Waals surface area contributed by atoms with Crippen LogP contribution in [0.5, 0.6) is 0 Å². The Kier molecular flexibility index (Phi) is 4.83. The lowest BCUT2D eigenvalue weighted by molar-refractivity contribution is 0.0114. The smallest absolute Gasteiger partial charge is 0.159 e. The van der Waals surface area contributed by atoms with Crippen LogP contribution >= 0.6 is 0 Å². The monoisotopic (exact) mass is 223 g/mol. The second-order valence-electron chi connectivity index (χ2n) is 4.31. The lowest BCUT2D eigenvalue weighted by Gasteiger charge is -2.20. The van der Waals surface area contributed by atoms with Gasteiger partial charge in [-0.15, -0.1) is 0 Å². The summed E-state index contributed by atoms with van der Waals surface area (Å²) in [6.45, 7) is 7.90. The van der Waals surface area contributed by atoms with Crippen molar-refractivity contribution in [2.75, 3.05) is 13.7 Å². The third kappa shape index (κ3) is 3.54. The van der Waals surface area contributed by atoms with E-state index in [0.717, 1.165) is 25.1 Å². The molecule has 0 amide bonds. The molecule has 0 aliphatic rings. The number of hydrogen-bond acceptors (Lipinski definition) is 4. The first-order valence-electron chi connectivity index (χ1n) is 5.67. The highest BCUT2D eigenvalue weighted by Crippen LogP contribution is 2.18. The van der Waals surface area contributed by atoms with Gasteiger partial charge >= 0.3 is 0 Å². The number of rotatable bonds is 6. The number of ether oxygens (including phenoxy) is 1. The molecule has 0 spiro atoms. The summed E-state index contributed by atoms with van der Waals surface area (Å²) in [6, 6.07) is 0. The van der Waals surface area contributed by atoms with Gasteiger partial charge in [0.1, 0.15) is 5.60 Å². The molecule has 0 unspecified atom stereocenters. The second kappa shape index (κ2) is 5.92.